The maximum atomic E-state index is 12.2. The van der Waals surface area contributed by atoms with Gasteiger partial charge in [-0.15, -0.1) is 11.8 Å². The van der Waals surface area contributed by atoms with Crippen LogP contribution in [0.25, 0.3) is 0 Å². The Morgan fingerprint density at radius 1 is 1.29 bits per heavy atom. The van der Waals surface area contributed by atoms with Gasteiger partial charge in [0, 0.05) is 43.9 Å². The summed E-state index contributed by atoms with van der Waals surface area (Å²) < 4.78 is 5.34. The fraction of sp³-hybridized carbons (Fsp3) is 0.588. The van der Waals surface area contributed by atoms with E-state index in [2.05, 4.69) is 31.2 Å². The molecule has 0 N–H and O–H groups in total. The molecule has 1 aromatic rings. The normalized spacial score (nSPS) is 15.9. The molecule has 3 nitrogen and oxygen atoms in total. The number of carbonyl (C=O) groups excluding carboxylic acids is 1. The number of amides is 1. The number of ether oxygens (including phenoxy) is 1. The van der Waals surface area contributed by atoms with Gasteiger partial charge in [-0.05, 0) is 37.8 Å². The van der Waals surface area contributed by atoms with Gasteiger partial charge in [-0.2, -0.15) is 0 Å². The lowest BCUT2D eigenvalue weighted by Gasteiger charge is -2.24. The van der Waals surface area contributed by atoms with Gasteiger partial charge in [0.25, 0.3) is 0 Å². The number of rotatable bonds is 6. The van der Waals surface area contributed by atoms with Crippen LogP contribution in [0.5, 0.6) is 0 Å². The van der Waals surface area contributed by atoms with Crippen molar-refractivity contribution in [2.45, 2.75) is 31.1 Å². The van der Waals surface area contributed by atoms with Crippen LogP contribution in [-0.2, 0) is 9.53 Å². The molecule has 2 rings (SSSR count). The number of hydrogen-bond acceptors (Lipinski definition) is 3. The van der Waals surface area contributed by atoms with Crippen LogP contribution >= 0.6 is 11.8 Å². The van der Waals surface area contributed by atoms with E-state index in [1.54, 1.807) is 0 Å². The average Bonchev–Trinajstić information content (AvgIpc) is 2.50. The SMILES string of the molecule is Cc1ccc(SCCN(C)C(=O)CC2CCOCC2)cc1. The average molecular weight is 307 g/mol. The van der Waals surface area contributed by atoms with Gasteiger partial charge in [0.2, 0.25) is 5.91 Å². The molecular formula is C17H25NO2S. The van der Waals surface area contributed by atoms with Crippen molar-refractivity contribution in [1.29, 1.82) is 0 Å². The molecule has 1 aromatic carbocycles. The Labute approximate surface area is 132 Å². The van der Waals surface area contributed by atoms with Gasteiger partial charge in [-0.1, -0.05) is 17.7 Å². The third-order valence-electron chi connectivity index (χ3n) is 3.95. The minimum Gasteiger partial charge on any atom is -0.381 e. The van der Waals surface area contributed by atoms with Crippen LogP contribution in [0, 0.1) is 12.8 Å². The molecule has 0 bridgehead atoms. The van der Waals surface area contributed by atoms with E-state index in [1.165, 1.54) is 10.5 Å². The zero-order valence-electron chi connectivity index (χ0n) is 13.0. The molecule has 0 aromatic heterocycles. The van der Waals surface area contributed by atoms with E-state index in [4.69, 9.17) is 4.74 Å². The van der Waals surface area contributed by atoms with E-state index in [-0.39, 0.29) is 5.91 Å². The highest BCUT2D eigenvalue weighted by molar-refractivity contribution is 7.99. The van der Waals surface area contributed by atoms with E-state index in [1.807, 2.05) is 23.7 Å². The largest absolute Gasteiger partial charge is 0.381 e. The number of aryl methyl sites for hydroxylation is 1. The molecule has 4 heteroatoms. The van der Waals surface area contributed by atoms with E-state index in [0.717, 1.165) is 38.4 Å². The van der Waals surface area contributed by atoms with Crippen LogP contribution in [0.2, 0.25) is 0 Å². The lowest BCUT2D eigenvalue weighted by molar-refractivity contribution is -0.131. The fourth-order valence-corrected chi connectivity index (χ4v) is 3.34. The summed E-state index contributed by atoms with van der Waals surface area (Å²) in [5, 5.41) is 0. The van der Waals surface area contributed by atoms with Crippen molar-refractivity contribution < 1.29 is 9.53 Å². The first-order chi connectivity index (χ1) is 10.1. The Hall–Kier alpha value is -1.00. The topological polar surface area (TPSA) is 29.5 Å². The quantitative estimate of drug-likeness (QED) is 0.755. The third-order valence-corrected chi connectivity index (χ3v) is 4.94. The van der Waals surface area contributed by atoms with E-state index >= 15 is 0 Å². The number of benzene rings is 1. The number of thioether (sulfide) groups is 1. The summed E-state index contributed by atoms with van der Waals surface area (Å²) in [6.45, 7) is 4.52. The number of carbonyl (C=O) groups is 1. The highest BCUT2D eigenvalue weighted by Gasteiger charge is 2.19. The minimum absolute atomic E-state index is 0.270. The summed E-state index contributed by atoms with van der Waals surface area (Å²) in [6.07, 6.45) is 2.73. The first kappa shape index (κ1) is 16.4. The van der Waals surface area contributed by atoms with Gasteiger partial charge in [0.1, 0.15) is 0 Å². The fourth-order valence-electron chi connectivity index (χ4n) is 2.41. The zero-order chi connectivity index (χ0) is 15.1. The highest BCUT2D eigenvalue weighted by atomic mass is 32.2. The van der Waals surface area contributed by atoms with E-state index in [0.29, 0.717) is 12.3 Å². The monoisotopic (exact) mass is 307 g/mol. The summed E-state index contributed by atoms with van der Waals surface area (Å²) >= 11 is 1.81. The predicted octanol–water partition coefficient (Wildman–Crippen LogP) is 3.36. The van der Waals surface area contributed by atoms with Crippen LogP contribution in [0.4, 0.5) is 0 Å². The number of nitrogens with zero attached hydrogens (tertiary/aromatic N) is 1. The molecule has 1 fully saturated rings. The van der Waals surface area contributed by atoms with Gasteiger partial charge in [-0.25, -0.2) is 0 Å². The van der Waals surface area contributed by atoms with Crippen LogP contribution in [-0.4, -0.2) is 43.4 Å². The molecule has 0 aliphatic carbocycles. The maximum Gasteiger partial charge on any atom is 0.222 e. The third kappa shape index (κ3) is 5.71. The van der Waals surface area contributed by atoms with Crippen LogP contribution in [0.3, 0.4) is 0 Å². The molecule has 1 aliphatic rings. The van der Waals surface area contributed by atoms with Crippen molar-refractivity contribution in [3.63, 3.8) is 0 Å². The second kappa shape index (κ2) is 8.44. The number of hydrogen-bond donors (Lipinski definition) is 0. The Kier molecular flexibility index (Phi) is 6.58. The van der Waals surface area contributed by atoms with Crippen LogP contribution < -0.4 is 0 Å². The van der Waals surface area contributed by atoms with E-state index in [9.17, 15) is 4.79 Å². The standard InChI is InChI=1S/C17H25NO2S/c1-14-3-5-16(6-4-14)21-12-9-18(2)17(19)13-15-7-10-20-11-8-15/h3-6,15H,7-13H2,1-2H3. The van der Waals surface area contributed by atoms with Crippen molar-refractivity contribution >= 4 is 17.7 Å². The van der Waals surface area contributed by atoms with Crippen molar-refractivity contribution in [3.8, 4) is 0 Å². The van der Waals surface area contributed by atoms with Gasteiger partial charge in [-0.3, -0.25) is 4.79 Å². The van der Waals surface area contributed by atoms with Gasteiger partial charge < -0.3 is 9.64 Å². The summed E-state index contributed by atoms with van der Waals surface area (Å²) in [6, 6.07) is 8.54. The molecule has 0 atom stereocenters. The second-order valence-electron chi connectivity index (χ2n) is 5.74. The van der Waals surface area contributed by atoms with Gasteiger partial charge in [0.15, 0.2) is 0 Å². The second-order valence-corrected chi connectivity index (χ2v) is 6.91. The molecule has 1 saturated heterocycles. The van der Waals surface area contributed by atoms with Crippen molar-refractivity contribution in [3.05, 3.63) is 29.8 Å². The molecule has 1 heterocycles. The molecular weight excluding hydrogens is 282 g/mol. The Morgan fingerprint density at radius 3 is 2.62 bits per heavy atom. The molecule has 0 unspecified atom stereocenters. The summed E-state index contributed by atoms with van der Waals surface area (Å²) in [4.78, 5) is 15.3. The van der Waals surface area contributed by atoms with Gasteiger partial charge >= 0.3 is 0 Å². The maximum absolute atomic E-state index is 12.2. The molecule has 116 valence electrons. The summed E-state index contributed by atoms with van der Waals surface area (Å²) in [7, 11) is 1.91. The van der Waals surface area contributed by atoms with Crippen molar-refractivity contribution in [1.82, 2.24) is 4.90 Å². The van der Waals surface area contributed by atoms with Crippen molar-refractivity contribution in [2.24, 2.45) is 5.92 Å². The molecule has 0 radical (unpaired) electrons. The Morgan fingerprint density at radius 2 is 1.95 bits per heavy atom. The lowest BCUT2D eigenvalue weighted by atomic mass is 9.96. The summed E-state index contributed by atoms with van der Waals surface area (Å²) in [5.74, 6) is 1.73. The molecule has 21 heavy (non-hydrogen) atoms. The predicted molar refractivity (Wildman–Crippen MR) is 87.7 cm³/mol. The zero-order valence-corrected chi connectivity index (χ0v) is 13.8. The lowest BCUT2D eigenvalue weighted by Crippen LogP contribution is -2.31. The molecule has 1 aliphatic heterocycles. The first-order valence-corrected chi connectivity index (χ1v) is 8.65. The first-order valence-electron chi connectivity index (χ1n) is 7.66. The van der Waals surface area contributed by atoms with Crippen LogP contribution in [0.1, 0.15) is 24.8 Å². The molecule has 0 saturated carbocycles. The molecule has 1 amide bonds. The van der Waals surface area contributed by atoms with Crippen molar-refractivity contribution in [2.75, 3.05) is 32.6 Å². The minimum atomic E-state index is 0.270. The summed E-state index contributed by atoms with van der Waals surface area (Å²) in [5.41, 5.74) is 1.28. The van der Waals surface area contributed by atoms with Crippen LogP contribution in [0.15, 0.2) is 29.2 Å². The highest BCUT2D eigenvalue weighted by Crippen LogP contribution is 2.20. The smallest absolute Gasteiger partial charge is 0.222 e. The van der Waals surface area contributed by atoms with E-state index < -0.39 is 0 Å². The van der Waals surface area contributed by atoms with Gasteiger partial charge in [0.05, 0.1) is 0 Å². The molecule has 0 spiro atoms. The Bertz CT molecular complexity index is 441. The Balaban J connectivity index is 1.67.